The molecule has 2 heterocycles. The average molecular weight is 244 g/mol. The molecule has 86 valence electrons. The van der Waals surface area contributed by atoms with Gasteiger partial charge in [0.15, 0.2) is 5.16 Å². The summed E-state index contributed by atoms with van der Waals surface area (Å²) in [6, 6.07) is 11.5. The Balaban J connectivity index is 2.14. The topological polar surface area (TPSA) is 34.9 Å². The molecule has 17 heavy (non-hydrogen) atoms. The fraction of sp³-hybridized carbons (Fsp3) is 0.231. The summed E-state index contributed by atoms with van der Waals surface area (Å²) in [7, 11) is 0. The molecule has 0 unspecified atom stereocenters. The van der Waals surface area contributed by atoms with Crippen molar-refractivity contribution < 1.29 is 0 Å². The number of thioether (sulfide) groups is 1. The molecule has 1 aromatic heterocycles. The highest BCUT2D eigenvalue weighted by molar-refractivity contribution is 7.99. The van der Waals surface area contributed by atoms with Crippen LogP contribution in [-0.4, -0.2) is 15.3 Å². The van der Waals surface area contributed by atoms with Gasteiger partial charge in [-0.15, -0.1) is 0 Å². The first-order valence-corrected chi connectivity index (χ1v) is 6.63. The van der Waals surface area contributed by atoms with E-state index in [9.17, 15) is 4.79 Å². The summed E-state index contributed by atoms with van der Waals surface area (Å²) in [6.07, 6.45) is 1.05. The largest absolute Gasteiger partial charge is 0.288 e. The quantitative estimate of drug-likeness (QED) is 0.722. The second kappa shape index (κ2) is 4.37. The van der Waals surface area contributed by atoms with Gasteiger partial charge in [-0.3, -0.25) is 9.36 Å². The molecule has 0 N–H and O–H groups in total. The van der Waals surface area contributed by atoms with Crippen molar-refractivity contribution in [3.8, 4) is 11.3 Å². The molecule has 0 fully saturated rings. The maximum absolute atomic E-state index is 12.0. The average Bonchev–Trinajstić information content (AvgIpc) is 2.40. The Morgan fingerprint density at radius 1 is 1.24 bits per heavy atom. The Morgan fingerprint density at radius 3 is 2.88 bits per heavy atom. The molecule has 0 spiro atoms. The standard InChI is InChI=1S/C13H12N2OS/c16-12-9-11(10-5-2-1-3-6-10)14-13-15(12)7-4-8-17-13/h1-3,5-6,9H,4,7-8H2. The molecule has 1 aromatic carbocycles. The van der Waals surface area contributed by atoms with Crippen LogP contribution in [0.2, 0.25) is 0 Å². The maximum atomic E-state index is 12.0. The van der Waals surface area contributed by atoms with E-state index in [4.69, 9.17) is 0 Å². The van der Waals surface area contributed by atoms with Gasteiger partial charge >= 0.3 is 0 Å². The van der Waals surface area contributed by atoms with Crippen LogP contribution in [0.3, 0.4) is 0 Å². The van der Waals surface area contributed by atoms with Gasteiger partial charge in [0.2, 0.25) is 0 Å². The van der Waals surface area contributed by atoms with Gasteiger partial charge in [0.1, 0.15) is 0 Å². The Bertz CT molecular complexity index is 592. The number of nitrogens with zero attached hydrogens (tertiary/aromatic N) is 2. The monoisotopic (exact) mass is 244 g/mol. The fourth-order valence-electron chi connectivity index (χ4n) is 1.94. The van der Waals surface area contributed by atoms with Gasteiger partial charge < -0.3 is 0 Å². The van der Waals surface area contributed by atoms with Crippen molar-refractivity contribution in [1.82, 2.24) is 9.55 Å². The third-order valence-corrected chi connectivity index (χ3v) is 3.86. The van der Waals surface area contributed by atoms with Crippen LogP contribution in [0.15, 0.2) is 46.3 Å². The Labute approximate surface area is 104 Å². The second-order valence-electron chi connectivity index (χ2n) is 3.98. The molecule has 0 radical (unpaired) electrons. The van der Waals surface area contributed by atoms with E-state index in [2.05, 4.69) is 4.98 Å². The molecule has 1 aliphatic heterocycles. The van der Waals surface area contributed by atoms with Crippen LogP contribution in [-0.2, 0) is 6.54 Å². The molecule has 0 aliphatic carbocycles. The molecule has 4 heteroatoms. The molecule has 3 rings (SSSR count). The summed E-state index contributed by atoms with van der Waals surface area (Å²) in [5.74, 6) is 1.05. The third-order valence-electron chi connectivity index (χ3n) is 2.80. The van der Waals surface area contributed by atoms with Crippen LogP contribution >= 0.6 is 11.8 Å². The zero-order valence-corrected chi connectivity index (χ0v) is 10.1. The van der Waals surface area contributed by atoms with Gasteiger partial charge in [-0.2, -0.15) is 0 Å². The second-order valence-corrected chi connectivity index (χ2v) is 5.04. The van der Waals surface area contributed by atoms with Gasteiger partial charge in [-0.25, -0.2) is 4.98 Å². The van der Waals surface area contributed by atoms with E-state index < -0.39 is 0 Å². The van der Waals surface area contributed by atoms with Crippen molar-refractivity contribution in [2.24, 2.45) is 0 Å². The predicted molar refractivity (Wildman–Crippen MR) is 69.3 cm³/mol. The number of benzene rings is 1. The van der Waals surface area contributed by atoms with E-state index >= 15 is 0 Å². The highest BCUT2D eigenvalue weighted by atomic mass is 32.2. The maximum Gasteiger partial charge on any atom is 0.254 e. The van der Waals surface area contributed by atoms with E-state index in [1.807, 2.05) is 30.3 Å². The predicted octanol–water partition coefficient (Wildman–Crippen LogP) is 2.41. The lowest BCUT2D eigenvalue weighted by atomic mass is 10.1. The van der Waals surface area contributed by atoms with Crippen molar-refractivity contribution in [2.75, 3.05) is 5.75 Å². The molecule has 0 saturated carbocycles. The SMILES string of the molecule is O=c1cc(-c2ccccc2)nc2n1CCCS2. The minimum Gasteiger partial charge on any atom is -0.288 e. The van der Waals surface area contributed by atoms with Crippen LogP contribution in [0.1, 0.15) is 6.42 Å². The van der Waals surface area contributed by atoms with Gasteiger partial charge in [0, 0.05) is 23.9 Å². The molecule has 0 saturated heterocycles. The first-order chi connectivity index (χ1) is 8.34. The lowest BCUT2D eigenvalue weighted by molar-refractivity contribution is 0.564. The van der Waals surface area contributed by atoms with Gasteiger partial charge in [-0.05, 0) is 6.42 Å². The number of rotatable bonds is 1. The lowest BCUT2D eigenvalue weighted by Gasteiger charge is -2.16. The molecule has 0 amide bonds. The molecule has 1 aliphatic rings. The molecule has 3 nitrogen and oxygen atoms in total. The first kappa shape index (κ1) is 10.6. The highest BCUT2D eigenvalue weighted by Crippen LogP contribution is 2.23. The van der Waals surface area contributed by atoms with Gasteiger partial charge in [0.05, 0.1) is 5.69 Å². The van der Waals surface area contributed by atoms with Crippen molar-refractivity contribution in [3.63, 3.8) is 0 Å². The van der Waals surface area contributed by atoms with E-state index in [0.29, 0.717) is 0 Å². The normalized spacial score (nSPS) is 14.4. The van der Waals surface area contributed by atoms with Gasteiger partial charge in [-0.1, -0.05) is 42.1 Å². The van der Waals surface area contributed by atoms with E-state index in [1.54, 1.807) is 22.4 Å². The summed E-state index contributed by atoms with van der Waals surface area (Å²) in [5.41, 5.74) is 1.83. The van der Waals surface area contributed by atoms with Crippen molar-refractivity contribution in [2.45, 2.75) is 18.1 Å². The molecular formula is C13H12N2OS. The van der Waals surface area contributed by atoms with Crippen LogP contribution < -0.4 is 5.56 Å². The minimum atomic E-state index is 0.0565. The summed E-state index contributed by atoms with van der Waals surface area (Å²) in [4.78, 5) is 16.5. The number of hydrogen-bond acceptors (Lipinski definition) is 3. The number of fused-ring (bicyclic) bond motifs is 1. The van der Waals surface area contributed by atoms with E-state index in [-0.39, 0.29) is 5.56 Å². The van der Waals surface area contributed by atoms with Crippen molar-refractivity contribution >= 4 is 11.8 Å². The molecule has 0 atom stereocenters. The Morgan fingerprint density at radius 2 is 2.06 bits per heavy atom. The highest BCUT2D eigenvalue weighted by Gasteiger charge is 2.13. The molecule has 2 aromatic rings. The summed E-state index contributed by atoms with van der Waals surface area (Å²) >= 11 is 1.66. The summed E-state index contributed by atoms with van der Waals surface area (Å²) in [6.45, 7) is 0.795. The van der Waals surface area contributed by atoms with Crippen LogP contribution in [0.25, 0.3) is 11.3 Å². The number of aromatic nitrogens is 2. The Kier molecular flexibility index (Phi) is 2.73. The Hall–Kier alpha value is -1.55. The third kappa shape index (κ3) is 2.00. The van der Waals surface area contributed by atoms with E-state index in [1.165, 1.54) is 0 Å². The molecular weight excluding hydrogens is 232 g/mol. The van der Waals surface area contributed by atoms with Crippen LogP contribution in [0.4, 0.5) is 0 Å². The van der Waals surface area contributed by atoms with E-state index in [0.717, 1.165) is 35.1 Å². The zero-order valence-electron chi connectivity index (χ0n) is 9.30. The van der Waals surface area contributed by atoms with Gasteiger partial charge in [0.25, 0.3) is 5.56 Å². The van der Waals surface area contributed by atoms with Crippen molar-refractivity contribution in [3.05, 3.63) is 46.8 Å². The minimum absolute atomic E-state index is 0.0565. The first-order valence-electron chi connectivity index (χ1n) is 5.65. The van der Waals surface area contributed by atoms with Crippen molar-refractivity contribution in [1.29, 1.82) is 0 Å². The van der Waals surface area contributed by atoms with Crippen LogP contribution in [0, 0.1) is 0 Å². The lowest BCUT2D eigenvalue weighted by Crippen LogP contribution is -2.25. The van der Waals surface area contributed by atoms with Crippen LogP contribution in [0.5, 0.6) is 0 Å². The zero-order chi connectivity index (χ0) is 11.7. The molecule has 0 bridgehead atoms. The smallest absolute Gasteiger partial charge is 0.254 e. The fourth-order valence-corrected chi connectivity index (χ4v) is 2.90. The summed E-state index contributed by atoms with van der Waals surface area (Å²) in [5, 5.41) is 0.850. The summed E-state index contributed by atoms with van der Waals surface area (Å²) < 4.78 is 1.76. The number of hydrogen-bond donors (Lipinski definition) is 0.